The van der Waals surface area contributed by atoms with E-state index in [0.717, 1.165) is 67.1 Å². The van der Waals surface area contributed by atoms with E-state index in [2.05, 4.69) is 18.0 Å². The molecule has 0 spiro atoms. The van der Waals surface area contributed by atoms with Crippen LogP contribution in [0.3, 0.4) is 0 Å². The van der Waals surface area contributed by atoms with Gasteiger partial charge in [0.1, 0.15) is 5.75 Å². The number of nitrogens with zero attached hydrogens (tertiary/aromatic N) is 1. The topological polar surface area (TPSA) is 48.0 Å². The van der Waals surface area contributed by atoms with Crippen LogP contribution < -0.4 is 14.2 Å². The van der Waals surface area contributed by atoms with E-state index in [1.54, 1.807) is 21.3 Å². The van der Waals surface area contributed by atoms with E-state index >= 15 is 0 Å². The van der Waals surface area contributed by atoms with E-state index in [4.69, 9.17) is 14.2 Å². The van der Waals surface area contributed by atoms with Crippen LogP contribution in [-0.4, -0.2) is 52.1 Å². The lowest BCUT2D eigenvalue weighted by Crippen LogP contribution is -2.22. The molecule has 0 N–H and O–H groups in total. The van der Waals surface area contributed by atoms with Crippen LogP contribution in [0.15, 0.2) is 36.4 Å². The first-order valence-corrected chi connectivity index (χ1v) is 10.6. The maximum atomic E-state index is 12.4. The lowest BCUT2D eigenvalue weighted by molar-refractivity contribution is 0.0978. The van der Waals surface area contributed by atoms with Gasteiger partial charge in [-0.1, -0.05) is 12.5 Å². The molecule has 30 heavy (non-hydrogen) atoms. The van der Waals surface area contributed by atoms with Gasteiger partial charge in [0, 0.05) is 18.5 Å². The second-order valence-corrected chi connectivity index (χ2v) is 7.66. The molecule has 0 bridgehead atoms. The molecule has 5 heteroatoms. The molecular weight excluding hydrogens is 378 g/mol. The van der Waals surface area contributed by atoms with Crippen LogP contribution in [0, 0.1) is 6.92 Å². The molecule has 0 aliphatic heterocycles. The molecule has 0 fully saturated rings. The molecule has 0 aliphatic rings. The standard InChI is InChI=1S/C25H35NO4/c1-19-17-21(11-13-23(19)28-3)22(27)9-7-6-8-15-26(2)16-14-20-10-12-24(29-4)25(18-20)30-5/h10-13,17-18H,6-9,14-16H2,1-5H3. The number of aryl methyl sites for hydroxylation is 1. The number of benzene rings is 2. The lowest BCUT2D eigenvalue weighted by atomic mass is 10.0. The third-order valence-electron chi connectivity index (χ3n) is 5.39. The Morgan fingerprint density at radius 2 is 1.53 bits per heavy atom. The molecule has 0 amide bonds. The Kier molecular flexibility index (Phi) is 9.68. The second-order valence-electron chi connectivity index (χ2n) is 7.66. The van der Waals surface area contributed by atoms with Crippen LogP contribution in [0.25, 0.3) is 0 Å². The average molecular weight is 414 g/mol. The summed E-state index contributed by atoms with van der Waals surface area (Å²) in [6.45, 7) is 3.98. The fraction of sp³-hybridized carbons (Fsp3) is 0.480. The highest BCUT2D eigenvalue weighted by Crippen LogP contribution is 2.27. The van der Waals surface area contributed by atoms with Crippen molar-refractivity contribution in [1.29, 1.82) is 0 Å². The van der Waals surface area contributed by atoms with Gasteiger partial charge in [-0.25, -0.2) is 0 Å². The van der Waals surface area contributed by atoms with Gasteiger partial charge in [-0.05, 0) is 81.2 Å². The highest BCUT2D eigenvalue weighted by Gasteiger charge is 2.09. The summed E-state index contributed by atoms with van der Waals surface area (Å²) >= 11 is 0. The van der Waals surface area contributed by atoms with Crippen LogP contribution in [-0.2, 0) is 6.42 Å². The molecule has 0 unspecified atom stereocenters. The summed E-state index contributed by atoms with van der Waals surface area (Å²) in [7, 11) is 7.10. The number of carbonyl (C=O) groups is 1. The zero-order valence-corrected chi connectivity index (χ0v) is 19.0. The van der Waals surface area contributed by atoms with Crippen molar-refractivity contribution in [2.24, 2.45) is 0 Å². The first-order valence-electron chi connectivity index (χ1n) is 10.6. The minimum absolute atomic E-state index is 0.211. The first kappa shape index (κ1) is 23.7. The van der Waals surface area contributed by atoms with Crippen molar-refractivity contribution in [3.05, 3.63) is 53.1 Å². The third kappa shape index (κ3) is 7.06. The van der Waals surface area contributed by atoms with Gasteiger partial charge < -0.3 is 19.1 Å². The summed E-state index contributed by atoms with van der Waals surface area (Å²) in [5, 5.41) is 0. The van der Waals surface area contributed by atoms with Crippen molar-refractivity contribution >= 4 is 5.78 Å². The van der Waals surface area contributed by atoms with Gasteiger partial charge in [0.15, 0.2) is 17.3 Å². The van der Waals surface area contributed by atoms with Gasteiger partial charge >= 0.3 is 0 Å². The summed E-state index contributed by atoms with van der Waals surface area (Å²) < 4.78 is 15.9. The van der Waals surface area contributed by atoms with Crippen molar-refractivity contribution in [3.8, 4) is 17.2 Å². The number of unbranched alkanes of at least 4 members (excludes halogenated alkanes) is 2. The Labute approximate surface area is 180 Å². The number of methoxy groups -OCH3 is 3. The summed E-state index contributed by atoms with van der Waals surface area (Å²) in [4.78, 5) is 14.7. The Bertz CT molecular complexity index is 819. The van der Waals surface area contributed by atoms with Crippen molar-refractivity contribution in [3.63, 3.8) is 0 Å². The number of Topliss-reactive ketones (excluding diaryl/α,β-unsaturated/α-hetero) is 1. The van der Waals surface area contributed by atoms with Crippen LogP contribution >= 0.6 is 0 Å². The number of ketones is 1. The number of hydrogen-bond donors (Lipinski definition) is 0. The molecule has 0 saturated heterocycles. The summed E-state index contributed by atoms with van der Waals surface area (Å²) in [5.74, 6) is 2.56. The highest BCUT2D eigenvalue weighted by molar-refractivity contribution is 5.96. The van der Waals surface area contributed by atoms with E-state index in [9.17, 15) is 4.79 Å². The van der Waals surface area contributed by atoms with Crippen molar-refractivity contribution < 1.29 is 19.0 Å². The van der Waals surface area contributed by atoms with E-state index < -0.39 is 0 Å². The zero-order valence-electron chi connectivity index (χ0n) is 19.0. The van der Waals surface area contributed by atoms with Gasteiger partial charge in [0.2, 0.25) is 0 Å². The van der Waals surface area contributed by atoms with Gasteiger partial charge in [-0.3, -0.25) is 4.79 Å². The average Bonchev–Trinajstić information content (AvgIpc) is 2.76. The maximum absolute atomic E-state index is 12.4. The zero-order chi connectivity index (χ0) is 21.9. The minimum Gasteiger partial charge on any atom is -0.496 e. The number of rotatable bonds is 13. The molecule has 0 aliphatic carbocycles. The van der Waals surface area contributed by atoms with Crippen LogP contribution in [0.1, 0.15) is 47.2 Å². The summed E-state index contributed by atoms with van der Waals surface area (Å²) in [6.07, 6.45) is 4.64. The number of hydrogen-bond acceptors (Lipinski definition) is 5. The van der Waals surface area contributed by atoms with Crippen LogP contribution in [0.4, 0.5) is 0 Å². The molecule has 2 aromatic rings. The molecule has 2 rings (SSSR count). The number of ether oxygens (including phenoxy) is 3. The van der Waals surface area contributed by atoms with Crippen LogP contribution in [0.2, 0.25) is 0 Å². The summed E-state index contributed by atoms with van der Waals surface area (Å²) in [5.41, 5.74) is 3.01. The predicted molar refractivity (Wildman–Crippen MR) is 121 cm³/mol. The van der Waals surface area contributed by atoms with Crippen molar-refractivity contribution in [2.45, 2.75) is 39.0 Å². The molecule has 0 radical (unpaired) electrons. The number of carbonyl (C=O) groups excluding carboxylic acids is 1. The minimum atomic E-state index is 0.211. The smallest absolute Gasteiger partial charge is 0.162 e. The molecule has 0 heterocycles. The quantitative estimate of drug-likeness (QED) is 0.344. The predicted octanol–water partition coefficient (Wildman–Crippen LogP) is 4.94. The first-order chi connectivity index (χ1) is 14.5. The van der Waals surface area contributed by atoms with Crippen molar-refractivity contribution in [1.82, 2.24) is 4.90 Å². The Balaban J connectivity index is 1.66. The fourth-order valence-corrected chi connectivity index (χ4v) is 3.51. The van der Waals surface area contributed by atoms with E-state index in [1.807, 2.05) is 37.3 Å². The SMILES string of the molecule is COc1ccc(C(=O)CCCCCN(C)CCc2ccc(OC)c(OC)c2)cc1C. The Hall–Kier alpha value is -2.53. The van der Waals surface area contributed by atoms with Crippen LogP contribution in [0.5, 0.6) is 17.2 Å². The van der Waals surface area contributed by atoms with Gasteiger partial charge in [-0.15, -0.1) is 0 Å². The molecule has 0 saturated carbocycles. The normalized spacial score (nSPS) is 10.9. The van der Waals surface area contributed by atoms with E-state index in [-0.39, 0.29) is 5.78 Å². The number of likely N-dealkylation sites (N-methyl/N-ethyl adjacent to an activating group) is 1. The molecular formula is C25H35NO4. The van der Waals surface area contributed by atoms with Gasteiger partial charge in [0.25, 0.3) is 0 Å². The van der Waals surface area contributed by atoms with E-state index in [0.29, 0.717) is 6.42 Å². The largest absolute Gasteiger partial charge is 0.496 e. The Morgan fingerprint density at radius 3 is 2.20 bits per heavy atom. The molecule has 5 nitrogen and oxygen atoms in total. The van der Waals surface area contributed by atoms with E-state index in [1.165, 1.54) is 5.56 Å². The van der Waals surface area contributed by atoms with Gasteiger partial charge in [0.05, 0.1) is 21.3 Å². The second kappa shape index (κ2) is 12.2. The molecule has 0 aromatic heterocycles. The molecule has 0 atom stereocenters. The molecule has 164 valence electrons. The Morgan fingerprint density at radius 1 is 0.833 bits per heavy atom. The maximum Gasteiger partial charge on any atom is 0.162 e. The molecule has 2 aromatic carbocycles. The summed E-state index contributed by atoms with van der Waals surface area (Å²) in [6, 6.07) is 11.7. The monoisotopic (exact) mass is 413 g/mol. The fourth-order valence-electron chi connectivity index (χ4n) is 3.51. The third-order valence-corrected chi connectivity index (χ3v) is 5.39. The lowest BCUT2D eigenvalue weighted by Gasteiger charge is -2.17. The highest BCUT2D eigenvalue weighted by atomic mass is 16.5. The van der Waals surface area contributed by atoms with Gasteiger partial charge in [-0.2, -0.15) is 0 Å². The van der Waals surface area contributed by atoms with Crippen molar-refractivity contribution in [2.75, 3.05) is 41.5 Å².